The lowest BCUT2D eigenvalue weighted by atomic mass is 10.1. The first kappa shape index (κ1) is 17.5. The van der Waals surface area contributed by atoms with Crippen molar-refractivity contribution < 1.29 is 12.8 Å². The molecule has 2 aromatic rings. The number of hydrogen-bond donors (Lipinski definition) is 1. The first-order valence-electron chi connectivity index (χ1n) is 8.09. The Morgan fingerprint density at radius 3 is 2.46 bits per heavy atom. The van der Waals surface area contributed by atoms with E-state index in [1.165, 1.54) is 18.6 Å². The molecule has 1 saturated heterocycles. The summed E-state index contributed by atoms with van der Waals surface area (Å²) in [5.41, 5.74) is 0. The normalized spacial score (nSPS) is 17.7. The van der Waals surface area contributed by atoms with E-state index in [4.69, 9.17) is 16.0 Å². The summed E-state index contributed by atoms with van der Waals surface area (Å²) in [6.45, 7) is 2.18. The Bertz CT molecular complexity index is 739. The molecule has 0 saturated carbocycles. The van der Waals surface area contributed by atoms with Gasteiger partial charge in [0.25, 0.3) is 0 Å². The maximum atomic E-state index is 12.5. The van der Waals surface area contributed by atoms with E-state index in [9.17, 15) is 8.42 Å². The molecule has 0 bridgehead atoms. The highest BCUT2D eigenvalue weighted by Gasteiger charge is 2.26. The Morgan fingerprint density at radius 2 is 1.83 bits per heavy atom. The van der Waals surface area contributed by atoms with Crippen LogP contribution in [0, 0.1) is 0 Å². The lowest BCUT2D eigenvalue weighted by Crippen LogP contribution is -2.40. The van der Waals surface area contributed by atoms with Crippen LogP contribution in [-0.4, -0.2) is 33.0 Å². The Labute approximate surface area is 147 Å². The summed E-state index contributed by atoms with van der Waals surface area (Å²) < 4.78 is 33.2. The molecule has 0 radical (unpaired) electrons. The standard InChI is InChI=1S/C17H21ClN2O3S/c18-14-6-8-15(9-7-14)24(21,22)19-13-16(17-5-4-12-23-17)20-10-2-1-3-11-20/h4-9,12,16,19H,1-3,10-11,13H2. The fraction of sp³-hybridized carbons (Fsp3) is 0.412. The molecule has 0 spiro atoms. The fourth-order valence-corrected chi connectivity index (χ4v) is 4.17. The number of nitrogens with one attached hydrogen (secondary N) is 1. The Morgan fingerprint density at radius 1 is 1.12 bits per heavy atom. The van der Waals surface area contributed by atoms with E-state index in [1.807, 2.05) is 12.1 Å². The maximum absolute atomic E-state index is 12.5. The van der Waals surface area contributed by atoms with Gasteiger partial charge in [0.15, 0.2) is 0 Å². The van der Waals surface area contributed by atoms with Crippen molar-refractivity contribution in [3.8, 4) is 0 Å². The van der Waals surface area contributed by atoms with Crippen LogP contribution in [0.15, 0.2) is 52.0 Å². The van der Waals surface area contributed by atoms with Crippen LogP contribution in [-0.2, 0) is 10.0 Å². The minimum Gasteiger partial charge on any atom is -0.468 e. The van der Waals surface area contributed by atoms with E-state index >= 15 is 0 Å². The number of halogens is 1. The fourth-order valence-electron chi connectivity index (χ4n) is 3.01. The van der Waals surface area contributed by atoms with Crippen molar-refractivity contribution >= 4 is 21.6 Å². The molecule has 0 aliphatic carbocycles. The minimum atomic E-state index is -3.58. The van der Waals surface area contributed by atoms with Crippen molar-refractivity contribution in [3.05, 3.63) is 53.4 Å². The van der Waals surface area contributed by atoms with Crippen LogP contribution in [0.4, 0.5) is 0 Å². The smallest absolute Gasteiger partial charge is 0.240 e. The molecule has 1 aliphatic heterocycles. The highest BCUT2D eigenvalue weighted by molar-refractivity contribution is 7.89. The Balaban J connectivity index is 1.74. The van der Waals surface area contributed by atoms with Crippen LogP contribution in [0.2, 0.25) is 5.02 Å². The van der Waals surface area contributed by atoms with Crippen molar-refractivity contribution in [2.24, 2.45) is 0 Å². The van der Waals surface area contributed by atoms with E-state index in [1.54, 1.807) is 18.4 Å². The van der Waals surface area contributed by atoms with Crippen molar-refractivity contribution in [3.63, 3.8) is 0 Å². The third kappa shape index (κ3) is 4.19. The van der Waals surface area contributed by atoms with E-state index in [-0.39, 0.29) is 17.5 Å². The summed E-state index contributed by atoms with van der Waals surface area (Å²) in [5.74, 6) is 0.788. The monoisotopic (exact) mass is 368 g/mol. The number of sulfonamides is 1. The predicted octanol–water partition coefficient (Wildman–Crippen LogP) is 3.44. The number of piperidine rings is 1. The van der Waals surface area contributed by atoms with Gasteiger partial charge in [0.05, 0.1) is 17.2 Å². The zero-order valence-corrected chi connectivity index (χ0v) is 14.9. The summed E-state index contributed by atoms with van der Waals surface area (Å²) in [6.07, 6.45) is 5.10. The molecule has 0 amide bonds. The molecular weight excluding hydrogens is 348 g/mol. The molecule has 1 N–H and O–H groups in total. The van der Waals surface area contributed by atoms with Gasteiger partial charge in [0.2, 0.25) is 10.0 Å². The SMILES string of the molecule is O=S(=O)(NCC(c1ccco1)N1CCCCC1)c1ccc(Cl)cc1. The Kier molecular flexibility index (Phi) is 5.61. The van der Waals surface area contributed by atoms with E-state index in [0.29, 0.717) is 5.02 Å². The zero-order chi connectivity index (χ0) is 17.0. The quantitative estimate of drug-likeness (QED) is 0.848. The number of hydrogen-bond acceptors (Lipinski definition) is 4. The van der Waals surface area contributed by atoms with Crippen molar-refractivity contribution in [1.82, 2.24) is 9.62 Å². The summed E-state index contributed by atoms with van der Waals surface area (Å²) in [5, 5.41) is 0.510. The van der Waals surface area contributed by atoms with E-state index in [0.717, 1.165) is 31.7 Å². The summed E-state index contributed by atoms with van der Waals surface area (Å²) in [6, 6.07) is 9.80. The van der Waals surface area contributed by atoms with Gasteiger partial charge in [-0.2, -0.15) is 0 Å². The molecule has 2 heterocycles. The van der Waals surface area contributed by atoms with Crippen LogP contribution in [0.5, 0.6) is 0 Å². The molecule has 1 atom stereocenters. The molecule has 1 aromatic carbocycles. The van der Waals surface area contributed by atoms with Gasteiger partial charge in [-0.3, -0.25) is 4.90 Å². The van der Waals surface area contributed by atoms with Gasteiger partial charge >= 0.3 is 0 Å². The van der Waals surface area contributed by atoms with Crippen LogP contribution < -0.4 is 4.72 Å². The van der Waals surface area contributed by atoms with E-state index in [2.05, 4.69) is 9.62 Å². The van der Waals surface area contributed by atoms with Crippen molar-refractivity contribution in [2.45, 2.75) is 30.2 Å². The third-order valence-corrected chi connectivity index (χ3v) is 5.99. The van der Waals surface area contributed by atoms with Gasteiger partial charge in [-0.15, -0.1) is 0 Å². The molecule has 5 nitrogen and oxygen atoms in total. The van der Waals surface area contributed by atoms with Crippen molar-refractivity contribution in [1.29, 1.82) is 0 Å². The second kappa shape index (κ2) is 7.70. The molecule has 3 rings (SSSR count). The first-order chi connectivity index (χ1) is 11.6. The molecule has 1 fully saturated rings. The maximum Gasteiger partial charge on any atom is 0.240 e. The predicted molar refractivity (Wildman–Crippen MR) is 93.5 cm³/mol. The van der Waals surface area contributed by atoms with Crippen LogP contribution >= 0.6 is 11.6 Å². The van der Waals surface area contributed by atoms with Gasteiger partial charge < -0.3 is 4.42 Å². The van der Waals surface area contributed by atoms with Crippen molar-refractivity contribution in [2.75, 3.05) is 19.6 Å². The first-order valence-corrected chi connectivity index (χ1v) is 9.95. The van der Waals surface area contributed by atoms with E-state index < -0.39 is 10.0 Å². The summed E-state index contributed by atoms with van der Waals surface area (Å²) in [7, 11) is -3.58. The molecular formula is C17H21ClN2O3S. The van der Waals surface area contributed by atoms with Crippen LogP contribution in [0.1, 0.15) is 31.1 Å². The zero-order valence-electron chi connectivity index (χ0n) is 13.3. The second-order valence-corrected chi connectivity index (χ2v) is 8.14. The minimum absolute atomic E-state index is 0.0950. The Hall–Kier alpha value is -1.34. The lowest BCUT2D eigenvalue weighted by Gasteiger charge is -2.33. The average Bonchev–Trinajstić information content (AvgIpc) is 3.11. The average molecular weight is 369 g/mol. The number of rotatable bonds is 6. The molecule has 130 valence electrons. The lowest BCUT2D eigenvalue weighted by molar-refractivity contribution is 0.147. The molecule has 7 heteroatoms. The highest BCUT2D eigenvalue weighted by Crippen LogP contribution is 2.25. The topological polar surface area (TPSA) is 62.6 Å². The molecule has 1 aromatic heterocycles. The third-order valence-electron chi connectivity index (χ3n) is 4.29. The number of nitrogens with zero attached hydrogens (tertiary/aromatic N) is 1. The summed E-state index contributed by atoms with van der Waals surface area (Å²) >= 11 is 5.82. The summed E-state index contributed by atoms with van der Waals surface area (Å²) in [4.78, 5) is 2.50. The number of furan rings is 1. The van der Waals surface area contributed by atoms with Crippen LogP contribution in [0.25, 0.3) is 0 Å². The number of benzene rings is 1. The largest absolute Gasteiger partial charge is 0.468 e. The number of likely N-dealkylation sites (tertiary alicyclic amines) is 1. The van der Waals surface area contributed by atoms with Gasteiger partial charge in [0.1, 0.15) is 5.76 Å². The molecule has 24 heavy (non-hydrogen) atoms. The second-order valence-electron chi connectivity index (χ2n) is 5.93. The van der Waals surface area contributed by atoms with Gasteiger partial charge in [0, 0.05) is 11.6 Å². The molecule has 1 aliphatic rings. The van der Waals surface area contributed by atoms with Crippen LogP contribution in [0.3, 0.4) is 0 Å². The van der Waals surface area contributed by atoms with Gasteiger partial charge in [-0.25, -0.2) is 13.1 Å². The highest BCUT2D eigenvalue weighted by atomic mass is 35.5. The molecule has 1 unspecified atom stereocenters. The van der Waals surface area contributed by atoms with Gasteiger partial charge in [-0.1, -0.05) is 18.0 Å². The van der Waals surface area contributed by atoms with Gasteiger partial charge in [-0.05, 0) is 62.3 Å².